The molecule has 23 heavy (non-hydrogen) atoms. The molecule has 1 atom stereocenters. The van der Waals surface area contributed by atoms with Gasteiger partial charge in [0.25, 0.3) is 0 Å². The van der Waals surface area contributed by atoms with Crippen molar-refractivity contribution in [3.05, 3.63) is 65.2 Å². The maximum Gasteiger partial charge on any atom is 0.241 e. The quantitative estimate of drug-likeness (QED) is 0.942. The summed E-state index contributed by atoms with van der Waals surface area (Å²) >= 11 is 0. The maximum absolute atomic E-state index is 12.6. The number of carbonyl (C=O) groups excluding carboxylic acids is 1. The van der Waals surface area contributed by atoms with Crippen LogP contribution in [-0.2, 0) is 17.6 Å². The molecule has 3 rings (SSSR count). The molecule has 3 heteroatoms. The highest BCUT2D eigenvalue weighted by Crippen LogP contribution is 2.18. The lowest BCUT2D eigenvalue weighted by Gasteiger charge is -2.26. The molecule has 3 nitrogen and oxygen atoms in total. The topological polar surface area (TPSA) is 32.3 Å². The molecule has 0 radical (unpaired) electrons. The Balaban J connectivity index is 1.64. The lowest BCUT2D eigenvalue weighted by atomic mass is 10.0. The molecule has 2 aromatic carbocycles. The van der Waals surface area contributed by atoms with Crippen LogP contribution in [0.25, 0.3) is 0 Å². The van der Waals surface area contributed by atoms with E-state index in [1.165, 1.54) is 11.1 Å². The number of nitrogens with zero attached hydrogens (tertiary/aromatic N) is 1. The smallest absolute Gasteiger partial charge is 0.241 e. The molecule has 0 spiro atoms. The van der Waals surface area contributed by atoms with Crippen LogP contribution in [0.5, 0.6) is 0 Å². The van der Waals surface area contributed by atoms with Crippen molar-refractivity contribution in [3.8, 4) is 0 Å². The average Bonchev–Trinajstić information content (AvgIpc) is 2.77. The molecule has 2 aromatic rings. The van der Waals surface area contributed by atoms with Gasteiger partial charge in [-0.1, -0.05) is 36.4 Å². The number of amides is 1. The van der Waals surface area contributed by atoms with Crippen molar-refractivity contribution >= 4 is 11.6 Å². The van der Waals surface area contributed by atoms with Crippen LogP contribution in [0.3, 0.4) is 0 Å². The fraction of sp³-hybridized carbons (Fsp3) is 0.350. The zero-order valence-electron chi connectivity index (χ0n) is 13.9. The van der Waals surface area contributed by atoms with Crippen molar-refractivity contribution in [1.82, 2.24) is 4.90 Å². The van der Waals surface area contributed by atoms with Crippen LogP contribution in [0.4, 0.5) is 5.69 Å². The minimum absolute atomic E-state index is 0.0709. The van der Waals surface area contributed by atoms with Gasteiger partial charge in [-0.15, -0.1) is 0 Å². The van der Waals surface area contributed by atoms with Gasteiger partial charge in [-0.25, -0.2) is 0 Å². The average molecular weight is 308 g/mol. The van der Waals surface area contributed by atoms with E-state index in [0.29, 0.717) is 0 Å². The first kappa shape index (κ1) is 15.8. The number of carbonyl (C=O) groups is 1. The summed E-state index contributed by atoms with van der Waals surface area (Å²) in [4.78, 5) is 14.8. The van der Waals surface area contributed by atoms with Crippen LogP contribution in [0, 0.1) is 6.92 Å². The molecule has 1 aliphatic rings. The lowest BCUT2D eigenvalue weighted by Crippen LogP contribution is -2.43. The number of aryl methyl sites for hydroxylation is 1. The zero-order chi connectivity index (χ0) is 16.2. The van der Waals surface area contributed by atoms with E-state index in [0.717, 1.165) is 37.2 Å². The van der Waals surface area contributed by atoms with Gasteiger partial charge in [0, 0.05) is 18.8 Å². The van der Waals surface area contributed by atoms with Crippen molar-refractivity contribution in [2.24, 2.45) is 0 Å². The summed E-state index contributed by atoms with van der Waals surface area (Å²) in [6, 6.07) is 16.4. The molecular weight excluding hydrogens is 284 g/mol. The van der Waals surface area contributed by atoms with Gasteiger partial charge in [0.2, 0.25) is 5.91 Å². The summed E-state index contributed by atoms with van der Waals surface area (Å²) in [5, 5.41) is 3.04. The van der Waals surface area contributed by atoms with Crippen LogP contribution in [0.2, 0.25) is 0 Å². The minimum Gasteiger partial charge on any atom is -0.325 e. The Morgan fingerprint density at radius 3 is 2.30 bits per heavy atom. The van der Waals surface area contributed by atoms with Gasteiger partial charge in [0.05, 0.1) is 6.04 Å². The number of anilines is 1. The molecule has 1 heterocycles. The SMILES string of the molecule is Cc1cccc(NC(=O)C(C)N2CCc3ccccc3CC2)c1. The Morgan fingerprint density at radius 2 is 1.70 bits per heavy atom. The van der Waals surface area contributed by atoms with Gasteiger partial charge in [0.1, 0.15) is 0 Å². The lowest BCUT2D eigenvalue weighted by molar-refractivity contribution is -0.120. The molecular formula is C20H24N2O. The molecule has 120 valence electrons. The highest BCUT2D eigenvalue weighted by Gasteiger charge is 2.23. The van der Waals surface area contributed by atoms with Gasteiger partial charge < -0.3 is 5.32 Å². The largest absolute Gasteiger partial charge is 0.325 e. The van der Waals surface area contributed by atoms with Crippen LogP contribution >= 0.6 is 0 Å². The van der Waals surface area contributed by atoms with Gasteiger partial charge in [-0.3, -0.25) is 9.69 Å². The second kappa shape index (κ2) is 6.97. The third-order valence-corrected chi connectivity index (χ3v) is 4.67. The minimum atomic E-state index is -0.121. The highest BCUT2D eigenvalue weighted by molar-refractivity contribution is 5.94. The van der Waals surface area contributed by atoms with E-state index < -0.39 is 0 Å². The first-order valence-corrected chi connectivity index (χ1v) is 8.32. The third kappa shape index (κ3) is 3.80. The molecule has 1 N–H and O–H groups in total. The number of benzene rings is 2. The van der Waals surface area contributed by atoms with Crippen molar-refractivity contribution in [2.45, 2.75) is 32.7 Å². The normalized spacial score (nSPS) is 16.3. The molecule has 1 amide bonds. The summed E-state index contributed by atoms with van der Waals surface area (Å²) in [6.07, 6.45) is 2.02. The Morgan fingerprint density at radius 1 is 1.04 bits per heavy atom. The molecule has 0 fully saturated rings. The maximum atomic E-state index is 12.6. The Kier molecular flexibility index (Phi) is 4.77. The van der Waals surface area contributed by atoms with Crippen LogP contribution in [0.15, 0.2) is 48.5 Å². The monoisotopic (exact) mass is 308 g/mol. The van der Waals surface area contributed by atoms with E-state index in [-0.39, 0.29) is 11.9 Å². The van der Waals surface area contributed by atoms with Crippen molar-refractivity contribution in [3.63, 3.8) is 0 Å². The fourth-order valence-corrected chi connectivity index (χ4v) is 3.21. The molecule has 1 aliphatic heterocycles. The molecule has 1 unspecified atom stereocenters. The molecule has 0 saturated heterocycles. The summed E-state index contributed by atoms with van der Waals surface area (Å²) in [5.41, 5.74) is 4.86. The number of fused-ring (bicyclic) bond motifs is 1. The van der Waals surface area contributed by atoms with E-state index >= 15 is 0 Å². The molecule has 0 aromatic heterocycles. The number of nitrogens with one attached hydrogen (secondary N) is 1. The summed E-state index contributed by atoms with van der Waals surface area (Å²) in [5.74, 6) is 0.0709. The predicted octanol–water partition coefficient (Wildman–Crippen LogP) is 3.42. The van der Waals surface area contributed by atoms with Crippen molar-refractivity contribution in [2.75, 3.05) is 18.4 Å². The fourth-order valence-electron chi connectivity index (χ4n) is 3.21. The number of rotatable bonds is 3. The molecule has 0 bridgehead atoms. The number of hydrogen-bond donors (Lipinski definition) is 1. The Hall–Kier alpha value is -2.13. The zero-order valence-corrected chi connectivity index (χ0v) is 13.9. The van der Waals surface area contributed by atoms with Crippen LogP contribution < -0.4 is 5.32 Å². The molecule has 0 aliphatic carbocycles. The first-order valence-electron chi connectivity index (χ1n) is 8.32. The number of hydrogen-bond acceptors (Lipinski definition) is 2. The van der Waals surface area contributed by atoms with Crippen molar-refractivity contribution < 1.29 is 4.79 Å². The van der Waals surface area contributed by atoms with E-state index in [1.54, 1.807) is 0 Å². The summed E-state index contributed by atoms with van der Waals surface area (Å²) in [7, 11) is 0. The van der Waals surface area contributed by atoms with E-state index in [1.807, 2.05) is 38.1 Å². The molecule has 0 saturated carbocycles. The highest BCUT2D eigenvalue weighted by atomic mass is 16.2. The van der Waals surface area contributed by atoms with Gasteiger partial charge in [-0.2, -0.15) is 0 Å². The summed E-state index contributed by atoms with van der Waals surface area (Å²) in [6.45, 7) is 5.89. The Bertz CT molecular complexity index is 669. The second-order valence-corrected chi connectivity index (χ2v) is 6.34. The summed E-state index contributed by atoms with van der Waals surface area (Å²) < 4.78 is 0. The Labute approximate surface area is 138 Å². The second-order valence-electron chi connectivity index (χ2n) is 6.34. The first-order chi connectivity index (χ1) is 11.1. The van der Waals surface area contributed by atoms with Gasteiger partial charge in [0.15, 0.2) is 0 Å². The van der Waals surface area contributed by atoms with Crippen LogP contribution in [-0.4, -0.2) is 29.9 Å². The van der Waals surface area contributed by atoms with E-state index in [2.05, 4.69) is 34.5 Å². The van der Waals surface area contributed by atoms with E-state index in [9.17, 15) is 4.79 Å². The van der Waals surface area contributed by atoms with Crippen molar-refractivity contribution in [1.29, 1.82) is 0 Å². The van der Waals surface area contributed by atoms with Crippen LogP contribution in [0.1, 0.15) is 23.6 Å². The predicted molar refractivity (Wildman–Crippen MR) is 94.7 cm³/mol. The standard InChI is InChI=1S/C20H24N2O/c1-15-6-5-9-19(14-15)21-20(23)16(2)22-12-10-17-7-3-4-8-18(17)11-13-22/h3-9,14,16H,10-13H2,1-2H3,(H,21,23). The van der Waals surface area contributed by atoms with Gasteiger partial charge in [-0.05, 0) is 55.5 Å². The third-order valence-electron chi connectivity index (χ3n) is 4.67. The van der Waals surface area contributed by atoms with Gasteiger partial charge >= 0.3 is 0 Å². The van der Waals surface area contributed by atoms with E-state index in [4.69, 9.17) is 0 Å².